The Hall–Kier alpha value is -1.93. The molecule has 1 unspecified atom stereocenters. The maximum absolute atomic E-state index is 12.6. The number of pyridine rings is 1. The van der Waals surface area contributed by atoms with Crippen molar-refractivity contribution in [3.63, 3.8) is 0 Å². The summed E-state index contributed by atoms with van der Waals surface area (Å²) in [6.45, 7) is 3.52. The van der Waals surface area contributed by atoms with Crippen LogP contribution >= 0.6 is 31.9 Å². The summed E-state index contributed by atoms with van der Waals surface area (Å²) >= 11 is 6.61. The number of benzene rings is 1. The van der Waals surface area contributed by atoms with E-state index in [1.165, 1.54) is 11.1 Å². The van der Waals surface area contributed by atoms with Crippen LogP contribution in [-0.4, -0.2) is 33.1 Å². The number of aliphatic carboxylic acids is 1. The SMILES string of the molecule is CC(C)N(C(=O)OCc1ccccc1)C(C(=O)O)c1ncc(Br)cc1Br. The summed E-state index contributed by atoms with van der Waals surface area (Å²) < 4.78 is 6.52. The number of rotatable bonds is 6. The zero-order valence-corrected chi connectivity index (χ0v) is 17.4. The Kier molecular flexibility index (Phi) is 7.16. The van der Waals surface area contributed by atoms with Gasteiger partial charge in [0.25, 0.3) is 0 Å². The summed E-state index contributed by atoms with van der Waals surface area (Å²) in [5.74, 6) is -1.19. The molecule has 6 nitrogen and oxygen atoms in total. The molecule has 0 aliphatic carbocycles. The van der Waals surface area contributed by atoms with Crippen molar-refractivity contribution in [1.82, 2.24) is 9.88 Å². The van der Waals surface area contributed by atoms with Crippen molar-refractivity contribution in [3.05, 3.63) is 62.8 Å². The van der Waals surface area contributed by atoms with Crippen molar-refractivity contribution in [2.75, 3.05) is 0 Å². The van der Waals surface area contributed by atoms with E-state index in [9.17, 15) is 14.7 Å². The van der Waals surface area contributed by atoms with E-state index in [4.69, 9.17) is 4.74 Å². The lowest BCUT2D eigenvalue weighted by molar-refractivity contribution is -0.144. The van der Waals surface area contributed by atoms with Gasteiger partial charge in [0.05, 0.1) is 5.69 Å². The summed E-state index contributed by atoms with van der Waals surface area (Å²) in [4.78, 5) is 29.9. The molecule has 0 bridgehead atoms. The fourth-order valence-electron chi connectivity index (χ4n) is 2.40. The van der Waals surface area contributed by atoms with Crippen LogP contribution in [0, 0.1) is 0 Å². The number of ether oxygens (including phenoxy) is 1. The first-order valence-corrected chi connectivity index (χ1v) is 9.42. The van der Waals surface area contributed by atoms with Gasteiger partial charge in [0.1, 0.15) is 6.61 Å². The molecule has 1 atom stereocenters. The second kappa shape index (κ2) is 9.14. The minimum Gasteiger partial charge on any atom is -0.479 e. The average Bonchev–Trinajstić information content (AvgIpc) is 2.58. The number of nitrogens with zero attached hydrogens (tertiary/aromatic N) is 2. The topological polar surface area (TPSA) is 79.7 Å². The molecule has 26 heavy (non-hydrogen) atoms. The van der Waals surface area contributed by atoms with Crippen LogP contribution in [0.1, 0.15) is 31.1 Å². The van der Waals surface area contributed by atoms with Gasteiger partial charge in [-0.25, -0.2) is 9.59 Å². The Labute approximate surface area is 168 Å². The van der Waals surface area contributed by atoms with Gasteiger partial charge in [-0.3, -0.25) is 9.88 Å². The van der Waals surface area contributed by atoms with Crippen LogP contribution < -0.4 is 0 Å². The third kappa shape index (κ3) is 5.04. The summed E-state index contributed by atoms with van der Waals surface area (Å²) in [5.41, 5.74) is 1.05. The molecule has 2 rings (SSSR count). The Bertz CT molecular complexity index is 784. The largest absolute Gasteiger partial charge is 0.479 e. The van der Waals surface area contributed by atoms with Crippen LogP contribution in [0.5, 0.6) is 0 Å². The predicted octanol–water partition coefficient (Wildman–Crippen LogP) is 4.78. The second-order valence-electron chi connectivity index (χ2n) is 5.80. The van der Waals surface area contributed by atoms with E-state index in [0.29, 0.717) is 8.95 Å². The molecule has 0 saturated heterocycles. The quantitative estimate of drug-likeness (QED) is 0.636. The van der Waals surface area contributed by atoms with Gasteiger partial charge >= 0.3 is 12.1 Å². The minimum absolute atomic E-state index is 0.0597. The van der Waals surface area contributed by atoms with Gasteiger partial charge in [0.15, 0.2) is 6.04 Å². The molecular weight excluding hydrogens is 468 g/mol. The van der Waals surface area contributed by atoms with E-state index in [2.05, 4.69) is 36.8 Å². The van der Waals surface area contributed by atoms with E-state index < -0.39 is 24.1 Å². The maximum atomic E-state index is 12.6. The number of carboxylic acids is 1. The number of carbonyl (C=O) groups is 2. The van der Waals surface area contributed by atoms with Gasteiger partial charge in [-0.15, -0.1) is 0 Å². The number of carboxylic acid groups (broad SMARTS) is 1. The molecule has 0 saturated carbocycles. The maximum Gasteiger partial charge on any atom is 0.411 e. The van der Waals surface area contributed by atoms with Gasteiger partial charge in [0, 0.05) is 21.2 Å². The highest BCUT2D eigenvalue weighted by Crippen LogP contribution is 2.30. The molecule has 1 N–H and O–H groups in total. The number of amides is 1. The smallest absolute Gasteiger partial charge is 0.411 e. The van der Waals surface area contributed by atoms with E-state index in [1.807, 2.05) is 30.3 Å². The van der Waals surface area contributed by atoms with Crippen molar-refractivity contribution in [3.8, 4) is 0 Å². The van der Waals surface area contributed by atoms with Crippen molar-refractivity contribution >= 4 is 43.9 Å². The van der Waals surface area contributed by atoms with Gasteiger partial charge in [0.2, 0.25) is 0 Å². The monoisotopic (exact) mass is 484 g/mol. The van der Waals surface area contributed by atoms with Crippen molar-refractivity contribution in [2.45, 2.75) is 32.5 Å². The fourth-order valence-corrected chi connectivity index (χ4v) is 3.61. The molecule has 1 aromatic carbocycles. The predicted molar refractivity (Wildman–Crippen MR) is 104 cm³/mol. The standard InChI is InChI=1S/C18H18Br2N2O4/c1-11(2)22(18(25)26-10-12-6-4-3-5-7-12)16(17(23)24)15-14(20)8-13(19)9-21-15/h3-9,11,16H,10H2,1-2H3,(H,23,24). The van der Waals surface area contributed by atoms with E-state index in [-0.39, 0.29) is 12.3 Å². The van der Waals surface area contributed by atoms with Crippen LogP contribution in [-0.2, 0) is 16.1 Å². The van der Waals surface area contributed by atoms with Crippen LogP contribution in [0.4, 0.5) is 4.79 Å². The van der Waals surface area contributed by atoms with Gasteiger partial charge in [-0.05, 0) is 57.3 Å². The highest BCUT2D eigenvalue weighted by Gasteiger charge is 2.36. The third-order valence-electron chi connectivity index (χ3n) is 3.58. The minimum atomic E-state index is -1.28. The summed E-state index contributed by atoms with van der Waals surface area (Å²) in [7, 11) is 0. The lowest BCUT2D eigenvalue weighted by atomic mass is 10.1. The molecule has 0 fully saturated rings. The van der Waals surface area contributed by atoms with Crippen LogP contribution in [0.15, 0.2) is 51.5 Å². The molecule has 2 aromatic rings. The van der Waals surface area contributed by atoms with E-state index in [0.717, 1.165) is 5.56 Å². The lowest BCUT2D eigenvalue weighted by Gasteiger charge is -2.31. The van der Waals surface area contributed by atoms with E-state index >= 15 is 0 Å². The van der Waals surface area contributed by atoms with Crippen LogP contribution in [0.25, 0.3) is 0 Å². The lowest BCUT2D eigenvalue weighted by Crippen LogP contribution is -2.44. The Balaban J connectivity index is 2.29. The Morgan fingerprint density at radius 2 is 1.88 bits per heavy atom. The third-order valence-corrected chi connectivity index (χ3v) is 4.65. The molecule has 1 aromatic heterocycles. The molecule has 1 heterocycles. The van der Waals surface area contributed by atoms with Crippen LogP contribution in [0.3, 0.4) is 0 Å². The second-order valence-corrected chi connectivity index (χ2v) is 7.57. The first-order valence-electron chi connectivity index (χ1n) is 7.84. The zero-order chi connectivity index (χ0) is 19.3. The van der Waals surface area contributed by atoms with E-state index in [1.54, 1.807) is 19.9 Å². The number of aromatic nitrogens is 1. The van der Waals surface area contributed by atoms with Crippen molar-refractivity contribution < 1.29 is 19.4 Å². The van der Waals surface area contributed by atoms with Gasteiger partial charge in [-0.1, -0.05) is 30.3 Å². The Morgan fingerprint density at radius 1 is 1.23 bits per heavy atom. The number of hydrogen-bond donors (Lipinski definition) is 1. The molecule has 1 amide bonds. The zero-order valence-electron chi connectivity index (χ0n) is 14.2. The van der Waals surface area contributed by atoms with Crippen LogP contribution in [0.2, 0.25) is 0 Å². The highest BCUT2D eigenvalue weighted by molar-refractivity contribution is 9.11. The summed E-state index contributed by atoms with van der Waals surface area (Å²) in [5, 5.41) is 9.75. The molecule has 0 aliphatic heterocycles. The molecular formula is C18H18Br2N2O4. The Morgan fingerprint density at radius 3 is 2.42 bits per heavy atom. The number of halogens is 2. The number of carbonyl (C=O) groups excluding carboxylic acids is 1. The number of hydrogen-bond acceptors (Lipinski definition) is 4. The van der Waals surface area contributed by atoms with Gasteiger partial charge < -0.3 is 9.84 Å². The first kappa shape index (κ1) is 20.4. The molecule has 138 valence electrons. The normalized spacial score (nSPS) is 11.9. The summed E-state index contributed by atoms with van der Waals surface area (Å²) in [6, 6.07) is 9.20. The molecule has 0 spiro atoms. The first-order chi connectivity index (χ1) is 12.3. The highest BCUT2D eigenvalue weighted by atomic mass is 79.9. The fraction of sp³-hybridized carbons (Fsp3) is 0.278. The summed E-state index contributed by atoms with van der Waals surface area (Å²) in [6.07, 6.45) is 0.775. The molecule has 8 heteroatoms. The van der Waals surface area contributed by atoms with Gasteiger partial charge in [-0.2, -0.15) is 0 Å². The van der Waals surface area contributed by atoms with Crippen molar-refractivity contribution in [1.29, 1.82) is 0 Å². The van der Waals surface area contributed by atoms with Crippen molar-refractivity contribution in [2.24, 2.45) is 0 Å². The molecule has 0 radical (unpaired) electrons. The average molecular weight is 486 g/mol. The molecule has 0 aliphatic rings.